The summed E-state index contributed by atoms with van der Waals surface area (Å²) in [4.78, 5) is 51.0. The molecule has 1 N–H and O–H groups in total. The van der Waals surface area contributed by atoms with Crippen molar-refractivity contribution < 1.29 is 19.2 Å². The maximum atomic E-state index is 13.5. The number of hydrogen-bond donors (Lipinski definition) is 1. The Kier molecular flexibility index (Phi) is 7.59. The van der Waals surface area contributed by atoms with Gasteiger partial charge in [-0.3, -0.25) is 19.2 Å². The lowest BCUT2D eigenvalue weighted by Gasteiger charge is -2.26. The standard InChI is InChI=1S/C25H27NO4/c1-15-11-13-20(14-12-15)25(30)24(23(18(4)28)19(5)29)22(17(3)27)16(2)26-21-9-7-6-8-10-21/h6-14,23-24,26H,1-5H3. The first kappa shape index (κ1) is 22.9. The first-order valence-electron chi connectivity index (χ1n) is 9.79. The number of carbonyl (C=O) groups excluding carboxylic acids is 4. The molecule has 0 aliphatic heterocycles. The summed E-state index contributed by atoms with van der Waals surface area (Å²) in [6.07, 6.45) is 0. The topological polar surface area (TPSA) is 80.3 Å². The largest absolute Gasteiger partial charge is 0.359 e. The number of benzene rings is 2. The highest BCUT2D eigenvalue weighted by Gasteiger charge is 2.40. The van der Waals surface area contributed by atoms with Gasteiger partial charge in [-0.2, -0.15) is 0 Å². The van der Waals surface area contributed by atoms with Crippen LogP contribution in [0.5, 0.6) is 0 Å². The Morgan fingerprint density at radius 1 is 0.733 bits per heavy atom. The minimum Gasteiger partial charge on any atom is -0.359 e. The molecule has 0 radical (unpaired) electrons. The molecule has 30 heavy (non-hydrogen) atoms. The first-order valence-corrected chi connectivity index (χ1v) is 9.79. The Morgan fingerprint density at radius 3 is 1.73 bits per heavy atom. The maximum absolute atomic E-state index is 13.5. The van der Waals surface area contributed by atoms with Crippen molar-refractivity contribution in [2.45, 2.75) is 34.6 Å². The predicted molar refractivity (Wildman–Crippen MR) is 117 cm³/mol. The Hall–Kier alpha value is -3.34. The fourth-order valence-corrected chi connectivity index (χ4v) is 3.62. The molecule has 0 aliphatic carbocycles. The van der Waals surface area contributed by atoms with Gasteiger partial charge >= 0.3 is 0 Å². The molecule has 5 nitrogen and oxygen atoms in total. The fourth-order valence-electron chi connectivity index (χ4n) is 3.62. The van der Waals surface area contributed by atoms with Crippen LogP contribution in [-0.4, -0.2) is 23.1 Å². The van der Waals surface area contributed by atoms with E-state index >= 15 is 0 Å². The third kappa shape index (κ3) is 5.38. The molecule has 2 rings (SSSR count). The fraction of sp³-hybridized carbons (Fsp3) is 0.280. The minimum absolute atomic E-state index is 0.139. The summed E-state index contributed by atoms with van der Waals surface area (Å²) >= 11 is 0. The molecule has 5 heteroatoms. The molecule has 2 aromatic rings. The van der Waals surface area contributed by atoms with Gasteiger partial charge in [0.05, 0.1) is 11.8 Å². The van der Waals surface area contributed by atoms with E-state index in [0.717, 1.165) is 11.3 Å². The van der Waals surface area contributed by atoms with Crippen LogP contribution in [0.2, 0.25) is 0 Å². The molecule has 0 heterocycles. The van der Waals surface area contributed by atoms with Crippen LogP contribution in [0.4, 0.5) is 5.69 Å². The van der Waals surface area contributed by atoms with Gasteiger partial charge in [0.25, 0.3) is 0 Å². The zero-order chi connectivity index (χ0) is 22.4. The van der Waals surface area contributed by atoms with Crippen molar-refractivity contribution in [2.75, 3.05) is 5.32 Å². The molecular formula is C25H27NO4. The van der Waals surface area contributed by atoms with Crippen LogP contribution in [0.1, 0.15) is 43.6 Å². The minimum atomic E-state index is -1.23. The van der Waals surface area contributed by atoms with E-state index in [9.17, 15) is 19.2 Å². The lowest BCUT2D eigenvalue weighted by Crippen LogP contribution is -2.37. The van der Waals surface area contributed by atoms with Crippen LogP contribution in [0.25, 0.3) is 0 Å². The molecule has 0 fully saturated rings. The number of hydrogen-bond acceptors (Lipinski definition) is 5. The number of para-hydroxylation sites is 1. The Labute approximate surface area is 177 Å². The lowest BCUT2D eigenvalue weighted by molar-refractivity contribution is -0.131. The van der Waals surface area contributed by atoms with Gasteiger partial charge in [-0.05, 0) is 46.8 Å². The van der Waals surface area contributed by atoms with E-state index in [4.69, 9.17) is 0 Å². The molecule has 0 aliphatic rings. The summed E-state index contributed by atoms with van der Waals surface area (Å²) in [7, 11) is 0. The third-order valence-electron chi connectivity index (χ3n) is 5.03. The van der Waals surface area contributed by atoms with Crippen LogP contribution in [0, 0.1) is 18.8 Å². The molecule has 2 aromatic carbocycles. The van der Waals surface area contributed by atoms with Gasteiger partial charge in [0.1, 0.15) is 11.6 Å². The monoisotopic (exact) mass is 405 g/mol. The second kappa shape index (κ2) is 9.92. The van der Waals surface area contributed by atoms with Crippen molar-refractivity contribution in [2.24, 2.45) is 11.8 Å². The second-order valence-corrected chi connectivity index (χ2v) is 7.49. The molecule has 0 amide bonds. The van der Waals surface area contributed by atoms with Crippen molar-refractivity contribution in [3.63, 3.8) is 0 Å². The van der Waals surface area contributed by atoms with Crippen LogP contribution in [-0.2, 0) is 14.4 Å². The molecule has 0 aromatic heterocycles. The molecule has 1 atom stereocenters. The number of carbonyl (C=O) groups is 4. The number of ketones is 4. The van der Waals surface area contributed by atoms with Crippen molar-refractivity contribution in [3.8, 4) is 0 Å². The predicted octanol–water partition coefficient (Wildman–Crippen LogP) is 4.56. The number of allylic oxidation sites excluding steroid dienone is 2. The zero-order valence-electron chi connectivity index (χ0n) is 18.0. The average molecular weight is 405 g/mol. The smallest absolute Gasteiger partial charge is 0.171 e. The number of rotatable bonds is 9. The van der Waals surface area contributed by atoms with Crippen molar-refractivity contribution in [3.05, 3.63) is 77.0 Å². The van der Waals surface area contributed by atoms with E-state index in [-0.39, 0.29) is 11.4 Å². The molecular weight excluding hydrogens is 378 g/mol. The number of Topliss-reactive ketones (excluding diaryl/α,β-unsaturated/α-hetero) is 4. The van der Waals surface area contributed by atoms with Gasteiger partial charge < -0.3 is 5.32 Å². The van der Waals surface area contributed by atoms with E-state index in [2.05, 4.69) is 5.32 Å². The van der Waals surface area contributed by atoms with E-state index in [1.807, 2.05) is 37.3 Å². The highest BCUT2D eigenvalue weighted by molar-refractivity contribution is 6.14. The number of anilines is 1. The number of aryl methyl sites for hydroxylation is 1. The summed E-state index contributed by atoms with van der Waals surface area (Å²) < 4.78 is 0. The zero-order valence-corrected chi connectivity index (χ0v) is 18.0. The summed E-state index contributed by atoms with van der Waals surface area (Å²) in [5.74, 6) is -4.11. The molecule has 0 saturated carbocycles. The van der Waals surface area contributed by atoms with Crippen LogP contribution >= 0.6 is 0 Å². The van der Waals surface area contributed by atoms with E-state index in [1.165, 1.54) is 20.8 Å². The van der Waals surface area contributed by atoms with Crippen molar-refractivity contribution in [1.82, 2.24) is 0 Å². The number of nitrogens with one attached hydrogen (secondary N) is 1. The highest BCUT2D eigenvalue weighted by Crippen LogP contribution is 2.31. The average Bonchev–Trinajstić information content (AvgIpc) is 2.67. The van der Waals surface area contributed by atoms with Gasteiger partial charge in [-0.15, -0.1) is 0 Å². The SMILES string of the molecule is CC(=O)C(=C(C)Nc1ccccc1)C(C(=O)c1ccc(C)cc1)C(C(C)=O)C(C)=O. The van der Waals surface area contributed by atoms with E-state index < -0.39 is 29.2 Å². The van der Waals surface area contributed by atoms with Gasteiger partial charge in [0.15, 0.2) is 11.6 Å². The van der Waals surface area contributed by atoms with Crippen molar-refractivity contribution in [1.29, 1.82) is 0 Å². The molecule has 1 unspecified atom stereocenters. The molecule has 0 bridgehead atoms. The van der Waals surface area contributed by atoms with Gasteiger partial charge in [-0.25, -0.2) is 0 Å². The summed E-state index contributed by atoms with van der Waals surface area (Å²) in [6, 6.07) is 16.1. The summed E-state index contributed by atoms with van der Waals surface area (Å²) in [5.41, 5.74) is 2.63. The van der Waals surface area contributed by atoms with Gasteiger partial charge in [0.2, 0.25) is 0 Å². The van der Waals surface area contributed by atoms with Crippen molar-refractivity contribution >= 4 is 28.8 Å². The first-order chi connectivity index (χ1) is 14.1. The Bertz CT molecular complexity index is 974. The third-order valence-corrected chi connectivity index (χ3v) is 5.03. The van der Waals surface area contributed by atoms with E-state index in [0.29, 0.717) is 11.3 Å². The maximum Gasteiger partial charge on any atom is 0.171 e. The highest BCUT2D eigenvalue weighted by atomic mass is 16.2. The van der Waals surface area contributed by atoms with Gasteiger partial charge in [-0.1, -0.05) is 48.0 Å². The molecule has 156 valence electrons. The normalized spacial score (nSPS) is 12.7. The van der Waals surface area contributed by atoms with Crippen LogP contribution in [0.3, 0.4) is 0 Å². The molecule has 0 saturated heterocycles. The molecule has 0 spiro atoms. The van der Waals surface area contributed by atoms with E-state index in [1.54, 1.807) is 31.2 Å². The Balaban J connectivity index is 2.67. The summed E-state index contributed by atoms with van der Waals surface area (Å²) in [6.45, 7) is 7.47. The van der Waals surface area contributed by atoms with Crippen LogP contribution in [0.15, 0.2) is 65.9 Å². The lowest BCUT2D eigenvalue weighted by atomic mass is 9.74. The van der Waals surface area contributed by atoms with Crippen LogP contribution < -0.4 is 5.32 Å². The second-order valence-electron chi connectivity index (χ2n) is 7.49. The Morgan fingerprint density at radius 2 is 1.27 bits per heavy atom. The quantitative estimate of drug-likeness (QED) is 0.376. The summed E-state index contributed by atoms with van der Waals surface area (Å²) in [5, 5.41) is 3.14. The van der Waals surface area contributed by atoms with Gasteiger partial charge in [0, 0.05) is 22.5 Å².